The van der Waals surface area contributed by atoms with Crippen LogP contribution in [-0.4, -0.2) is 221 Å². The summed E-state index contributed by atoms with van der Waals surface area (Å²) < 4.78 is 44.2. The van der Waals surface area contributed by atoms with E-state index in [1.54, 1.807) is 0 Å². The summed E-state index contributed by atoms with van der Waals surface area (Å²) >= 11 is 0. The summed E-state index contributed by atoms with van der Waals surface area (Å²) in [6.07, 6.45) is -35.7. The second-order valence-corrected chi connectivity index (χ2v) is 13.0. The minimum Gasteiger partial charge on any atom is -0.462 e. The summed E-state index contributed by atoms with van der Waals surface area (Å²) in [6, 6.07) is 4.64. The number of non-ortho nitro benzene ring substituents is 1. The van der Waals surface area contributed by atoms with Crippen LogP contribution in [0.25, 0.3) is 0 Å². The molecule has 4 heterocycles. The van der Waals surface area contributed by atoms with Crippen molar-refractivity contribution in [2.75, 3.05) is 26.4 Å². The lowest BCUT2D eigenvalue weighted by Gasteiger charge is -2.49. The third-order valence-corrected chi connectivity index (χ3v) is 9.48. The molecule has 308 valence electrons. The van der Waals surface area contributed by atoms with Crippen LogP contribution in [0.4, 0.5) is 5.69 Å². The summed E-state index contributed by atoms with van der Waals surface area (Å²) in [4.78, 5) is 10.3. The molecular weight excluding hydrogens is 742 g/mol. The third kappa shape index (κ3) is 8.77. The van der Waals surface area contributed by atoms with Crippen molar-refractivity contribution in [3.05, 3.63) is 34.4 Å². The summed E-state index contributed by atoms with van der Waals surface area (Å²) in [5.74, 6) is 0.000590. The quantitative estimate of drug-likeness (QED) is 0.0652. The number of rotatable bonds is 13. The van der Waals surface area contributed by atoms with Gasteiger partial charge in [0.2, 0.25) is 6.29 Å². The first-order valence-electron chi connectivity index (χ1n) is 16.7. The number of nitro benzene ring substituents is 1. The Balaban J connectivity index is 1.22. The van der Waals surface area contributed by atoms with Gasteiger partial charge in [0.1, 0.15) is 103 Å². The zero-order chi connectivity index (χ0) is 39.6. The Bertz CT molecular complexity index is 1340. The number of nitro groups is 1. The standard InChI is InChI=1S/C30H45NO23/c32-5-11-15(36)16(37)20(41)28(48-11)52-25-13(7-34)50-30(22(43)18(25)39)54-26-14(8-35)51-29(23(44)19(26)40)53-24-12(6-33)49-27(21(42)17(24)38)47-10-3-1-9(2-4-10)31(45)46/h1-4,11-30,32-44H,5-8H2/t11-,12-,13-,14-,15-,16+,17-,18-,19-,20-,21-,22-,23-,24-,25-,26-,27+,28-,29-,30-/m1/s1. The Kier molecular flexibility index (Phi) is 14.5. The van der Waals surface area contributed by atoms with Gasteiger partial charge in [-0.15, -0.1) is 0 Å². The first-order chi connectivity index (χ1) is 25.6. The molecular formula is C30H45NO23. The number of hydrogen-bond donors (Lipinski definition) is 13. The van der Waals surface area contributed by atoms with Crippen molar-refractivity contribution < 1.29 is 109 Å². The predicted octanol–water partition coefficient (Wildman–Crippen LogP) is -7.75. The highest BCUT2D eigenvalue weighted by molar-refractivity contribution is 5.36. The molecule has 54 heavy (non-hydrogen) atoms. The van der Waals surface area contributed by atoms with E-state index in [4.69, 9.17) is 37.9 Å². The molecule has 0 unspecified atom stereocenters. The zero-order valence-electron chi connectivity index (χ0n) is 28.0. The number of ether oxygens (including phenoxy) is 8. The van der Waals surface area contributed by atoms with E-state index in [0.717, 1.165) is 12.1 Å². The van der Waals surface area contributed by atoms with Gasteiger partial charge < -0.3 is 104 Å². The molecule has 4 fully saturated rings. The van der Waals surface area contributed by atoms with Crippen LogP contribution in [-0.2, 0) is 33.2 Å². The second-order valence-electron chi connectivity index (χ2n) is 13.0. The molecule has 0 radical (unpaired) electrons. The molecule has 0 aromatic heterocycles. The maximum absolute atomic E-state index is 11.1. The number of aliphatic hydroxyl groups excluding tert-OH is 13. The maximum atomic E-state index is 11.1. The van der Waals surface area contributed by atoms with Crippen LogP contribution >= 0.6 is 0 Å². The summed E-state index contributed by atoms with van der Waals surface area (Å²) in [6.45, 7) is -3.50. The Morgan fingerprint density at radius 2 is 0.815 bits per heavy atom. The molecule has 1 aromatic carbocycles. The molecule has 4 saturated heterocycles. The average molecular weight is 788 g/mol. The average Bonchev–Trinajstić information content (AvgIpc) is 3.16. The van der Waals surface area contributed by atoms with Crippen LogP contribution in [0, 0.1) is 10.1 Å². The Labute approximate surface area is 304 Å². The monoisotopic (exact) mass is 787 g/mol. The van der Waals surface area contributed by atoms with Gasteiger partial charge >= 0.3 is 0 Å². The van der Waals surface area contributed by atoms with E-state index in [2.05, 4.69) is 0 Å². The predicted molar refractivity (Wildman–Crippen MR) is 165 cm³/mol. The number of aliphatic hydroxyl groups is 13. The molecule has 5 rings (SSSR count). The fraction of sp³-hybridized carbons (Fsp3) is 0.800. The van der Waals surface area contributed by atoms with Crippen LogP contribution in [0.3, 0.4) is 0 Å². The Morgan fingerprint density at radius 1 is 0.481 bits per heavy atom. The van der Waals surface area contributed by atoms with Gasteiger partial charge in [-0.1, -0.05) is 0 Å². The molecule has 1 aromatic rings. The van der Waals surface area contributed by atoms with Gasteiger partial charge in [0.05, 0.1) is 31.4 Å². The fourth-order valence-corrected chi connectivity index (χ4v) is 6.41. The van der Waals surface area contributed by atoms with Gasteiger partial charge in [-0.25, -0.2) is 0 Å². The zero-order valence-corrected chi connectivity index (χ0v) is 28.0. The Hall–Kier alpha value is -2.38. The van der Waals surface area contributed by atoms with Crippen LogP contribution in [0.5, 0.6) is 5.75 Å². The van der Waals surface area contributed by atoms with Crippen LogP contribution in [0.1, 0.15) is 0 Å². The van der Waals surface area contributed by atoms with Crippen molar-refractivity contribution >= 4 is 5.69 Å². The summed E-state index contributed by atoms with van der Waals surface area (Å²) in [5.41, 5.74) is -0.251. The molecule has 13 N–H and O–H groups in total. The van der Waals surface area contributed by atoms with Crippen molar-refractivity contribution in [3.8, 4) is 5.75 Å². The van der Waals surface area contributed by atoms with Gasteiger partial charge in [-0.3, -0.25) is 10.1 Å². The lowest BCUT2D eigenvalue weighted by molar-refractivity contribution is -0.387. The van der Waals surface area contributed by atoms with E-state index in [0.29, 0.717) is 0 Å². The molecule has 4 aliphatic rings. The van der Waals surface area contributed by atoms with Gasteiger partial charge in [0.15, 0.2) is 18.9 Å². The highest BCUT2D eigenvalue weighted by Gasteiger charge is 2.55. The topological polar surface area (TPSA) is 380 Å². The van der Waals surface area contributed by atoms with Crippen molar-refractivity contribution in [2.45, 2.75) is 123 Å². The summed E-state index contributed by atoms with van der Waals surface area (Å²) in [5, 5.41) is 146. The molecule has 0 amide bonds. The molecule has 0 saturated carbocycles. The highest BCUT2D eigenvalue weighted by atomic mass is 16.8. The largest absolute Gasteiger partial charge is 0.462 e. The first-order valence-corrected chi connectivity index (χ1v) is 16.7. The molecule has 24 nitrogen and oxygen atoms in total. The minimum absolute atomic E-state index is 0.000590. The van der Waals surface area contributed by atoms with Gasteiger partial charge in [0, 0.05) is 12.1 Å². The maximum Gasteiger partial charge on any atom is 0.269 e. The molecule has 4 aliphatic heterocycles. The first kappa shape index (κ1) is 42.8. The SMILES string of the molecule is O=[N+]([O-])c1ccc(O[C@H]2O[C@H](CO)[C@@H](O[C@H]3O[C@H](CO)[C@@H](O[C@H]4O[C@H](CO)[C@@H](O[C@H]5O[C@H](CO)[C@@H](O)[C@H](O)[C@H]5O)[C@H](O)[C@H]4O)[C@H](O)[C@H]3O)[C@H](O)[C@H]2O)cc1. The Morgan fingerprint density at radius 3 is 1.19 bits per heavy atom. The summed E-state index contributed by atoms with van der Waals surface area (Å²) in [7, 11) is 0. The molecule has 0 spiro atoms. The molecule has 20 atom stereocenters. The van der Waals surface area contributed by atoms with Crippen LogP contribution in [0.15, 0.2) is 24.3 Å². The van der Waals surface area contributed by atoms with Gasteiger partial charge in [-0.2, -0.15) is 0 Å². The van der Waals surface area contributed by atoms with Crippen molar-refractivity contribution in [1.29, 1.82) is 0 Å². The fourth-order valence-electron chi connectivity index (χ4n) is 6.41. The van der Waals surface area contributed by atoms with E-state index in [9.17, 15) is 76.5 Å². The molecule has 0 bridgehead atoms. The van der Waals surface area contributed by atoms with Crippen LogP contribution < -0.4 is 4.74 Å². The highest BCUT2D eigenvalue weighted by Crippen LogP contribution is 2.34. The van der Waals surface area contributed by atoms with Crippen LogP contribution in [0.2, 0.25) is 0 Å². The van der Waals surface area contributed by atoms with Crippen molar-refractivity contribution in [2.24, 2.45) is 0 Å². The minimum atomic E-state index is -2.06. The number of benzene rings is 1. The van der Waals surface area contributed by atoms with Crippen molar-refractivity contribution in [3.63, 3.8) is 0 Å². The van der Waals surface area contributed by atoms with E-state index < -0.39 is 154 Å². The van der Waals surface area contributed by atoms with Gasteiger partial charge in [0.25, 0.3) is 5.69 Å². The van der Waals surface area contributed by atoms with E-state index in [1.807, 2.05) is 0 Å². The van der Waals surface area contributed by atoms with E-state index >= 15 is 0 Å². The second kappa shape index (κ2) is 18.3. The number of nitrogens with zero attached hydrogens (tertiary/aromatic N) is 1. The lowest BCUT2D eigenvalue weighted by Crippen LogP contribution is -2.67. The van der Waals surface area contributed by atoms with Gasteiger partial charge in [-0.05, 0) is 12.1 Å². The third-order valence-electron chi connectivity index (χ3n) is 9.48. The molecule has 24 heteroatoms. The lowest BCUT2D eigenvalue weighted by atomic mass is 9.95. The molecule has 0 aliphatic carbocycles. The van der Waals surface area contributed by atoms with E-state index in [-0.39, 0.29) is 11.4 Å². The van der Waals surface area contributed by atoms with E-state index in [1.165, 1.54) is 12.1 Å². The normalized spacial score (nSPS) is 45.9. The smallest absolute Gasteiger partial charge is 0.269 e. The van der Waals surface area contributed by atoms with Crippen molar-refractivity contribution in [1.82, 2.24) is 0 Å². The number of hydrogen-bond acceptors (Lipinski definition) is 23.